The van der Waals surface area contributed by atoms with Gasteiger partial charge in [0, 0.05) is 26.2 Å². The minimum Gasteiger partial charge on any atom is -0.489 e. The van der Waals surface area contributed by atoms with E-state index in [1.807, 2.05) is 64.4 Å². The van der Waals surface area contributed by atoms with Crippen LogP contribution < -0.4 is 9.64 Å². The molecule has 0 N–H and O–H groups in total. The molecular formula is C24H25N3O4S2. The van der Waals surface area contributed by atoms with E-state index in [0.29, 0.717) is 42.7 Å². The summed E-state index contributed by atoms with van der Waals surface area (Å²) in [5.74, 6) is 0.680. The van der Waals surface area contributed by atoms with E-state index in [1.54, 1.807) is 17.5 Å². The predicted molar refractivity (Wildman–Crippen MR) is 128 cm³/mol. The van der Waals surface area contributed by atoms with Crippen molar-refractivity contribution in [3.8, 4) is 5.75 Å². The van der Waals surface area contributed by atoms with Gasteiger partial charge in [-0.1, -0.05) is 48.5 Å². The highest BCUT2D eigenvalue weighted by atomic mass is 32.2. The van der Waals surface area contributed by atoms with Crippen LogP contribution in [0.1, 0.15) is 11.6 Å². The number of amides is 1. The highest BCUT2D eigenvalue weighted by molar-refractivity contribution is 7.91. The average Bonchev–Trinajstić information content (AvgIpc) is 3.40. The Morgan fingerprint density at radius 3 is 2.39 bits per heavy atom. The maximum atomic E-state index is 13.6. The summed E-state index contributed by atoms with van der Waals surface area (Å²) < 4.78 is 33.4. The molecular weight excluding hydrogens is 458 g/mol. The first-order valence-corrected chi connectivity index (χ1v) is 13.2. The zero-order valence-electron chi connectivity index (χ0n) is 18.0. The van der Waals surface area contributed by atoms with Crippen molar-refractivity contribution >= 4 is 33.0 Å². The van der Waals surface area contributed by atoms with Crippen LogP contribution in [-0.2, 0) is 14.8 Å². The summed E-state index contributed by atoms with van der Waals surface area (Å²) in [5, 5.41) is 1.77. The van der Waals surface area contributed by atoms with Crippen molar-refractivity contribution in [3.63, 3.8) is 0 Å². The first kappa shape index (κ1) is 22.1. The van der Waals surface area contributed by atoms with E-state index in [9.17, 15) is 13.2 Å². The van der Waals surface area contributed by atoms with Crippen molar-refractivity contribution in [2.75, 3.05) is 44.2 Å². The summed E-state index contributed by atoms with van der Waals surface area (Å²) in [7, 11) is -3.46. The molecule has 2 aliphatic rings. The maximum absolute atomic E-state index is 13.6. The van der Waals surface area contributed by atoms with Crippen molar-refractivity contribution in [2.24, 2.45) is 0 Å². The van der Waals surface area contributed by atoms with Crippen molar-refractivity contribution in [1.29, 1.82) is 0 Å². The molecule has 0 saturated carbocycles. The molecule has 9 heteroatoms. The number of hydrogen-bond acceptors (Lipinski definition) is 6. The Morgan fingerprint density at radius 2 is 1.67 bits per heavy atom. The lowest BCUT2D eigenvalue weighted by atomic mass is 10.0. The lowest BCUT2D eigenvalue weighted by molar-refractivity contribution is -0.121. The molecule has 2 aromatic carbocycles. The molecule has 2 aliphatic heterocycles. The predicted octanol–water partition coefficient (Wildman–Crippen LogP) is 3.22. The number of hydrogen-bond donors (Lipinski definition) is 0. The van der Waals surface area contributed by atoms with E-state index < -0.39 is 10.0 Å². The molecule has 0 bridgehead atoms. The Bertz CT molecular complexity index is 1210. The number of carbonyl (C=O) groups excluding carboxylic acids is 1. The summed E-state index contributed by atoms with van der Waals surface area (Å²) in [6.45, 7) is 2.38. The molecule has 7 nitrogen and oxygen atoms in total. The number of nitrogens with zero attached hydrogens (tertiary/aromatic N) is 3. The minimum atomic E-state index is -3.46. The standard InChI is InChI=1S/C24H25N3O4S2/c28-23(17-25-12-14-26(15-13-25)33(29,30)24-11-6-16-32-24)27-20-9-4-5-10-22(20)31-18-21(27)19-7-2-1-3-8-19/h1-11,16,21H,12-15,17-18H2. The molecule has 0 spiro atoms. The van der Waals surface area contributed by atoms with Gasteiger partial charge in [-0.15, -0.1) is 11.3 Å². The Balaban J connectivity index is 1.31. The smallest absolute Gasteiger partial charge is 0.252 e. The number of piperazine rings is 1. The summed E-state index contributed by atoms with van der Waals surface area (Å²) in [5.41, 5.74) is 1.79. The Morgan fingerprint density at radius 1 is 0.939 bits per heavy atom. The zero-order chi connectivity index (χ0) is 22.8. The number of thiophene rings is 1. The third kappa shape index (κ3) is 4.41. The highest BCUT2D eigenvalue weighted by Crippen LogP contribution is 2.39. The fraction of sp³-hybridized carbons (Fsp3) is 0.292. The minimum absolute atomic E-state index is 0.0193. The molecule has 1 atom stereocenters. The Labute approximate surface area is 197 Å². The van der Waals surface area contributed by atoms with E-state index in [1.165, 1.54) is 15.6 Å². The van der Waals surface area contributed by atoms with Crippen LogP contribution in [0.3, 0.4) is 0 Å². The van der Waals surface area contributed by atoms with Gasteiger partial charge in [-0.05, 0) is 29.1 Å². The molecule has 0 radical (unpaired) electrons. The van der Waals surface area contributed by atoms with Crippen LogP contribution in [0.25, 0.3) is 0 Å². The second kappa shape index (κ2) is 9.26. The molecule has 1 amide bonds. The number of benzene rings is 2. The van der Waals surface area contributed by atoms with Gasteiger partial charge < -0.3 is 4.74 Å². The first-order valence-electron chi connectivity index (χ1n) is 10.9. The van der Waals surface area contributed by atoms with Gasteiger partial charge in [-0.2, -0.15) is 4.31 Å². The van der Waals surface area contributed by atoms with E-state index in [2.05, 4.69) is 0 Å². The fourth-order valence-corrected chi connectivity index (χ4v) is 6.92. The summed E-state index contributed by atoms with van der Waals surface area (Å²) >= 11 is 1.23. The number of sulfonamides is 1. The van der Waals surface area contributed by atoms with Gasteiger partial charge in [0.1, 0.15) is 16.6 Å². The molecule has 1 saturated heterocycles. The van der Waals surface area contributed by atoms with Crippen LogP contribution in [0.5, 0.6) is 5.75 Å². The van der Waals surface area contributed by atoms with Gasteiger partial charge in [0.25, 0.3) is 10.0 Å². The quantitative estimate of drug-likeness (QED) is 0.557. The van der Waals surface area contributed by atoms with E-state index in [0.717, 1.165) is 11.3 Å². The molecule has 3 heterocycles. The van der Waals surface area contributed by atoms with Gasteiger partial charge in [0.05, 0.1) is 18.3 Å². The average molecular weight is 484 g/mol. The van der Waals surface area contributed by atoms with E-state index in [4.69, 9.17) is 4.74 Å². The third-order valence-electron chi connectivity index (χ3n) is 6.07. The lowest BCUT2D eigenvalue weighted by Gasteiger charge is -2.39. The number of carbonyl (C=O) groups is 1. The van der Waals surface area contributed by atoms with Gasteiger partial charge in [-0.3, -0.25) is 14.6 Å². The third-order valence-corrected chi connectivity index (χ3v) is 9.34. The van der Waals surface area contributed by atoms with Gasteiger partial charge in [0.2, 0.25) is 5.91 Å². The molecule has 1 fully saturated rings. The fourth-order valence-electron chi connectivity index (χ4n) is 4.35. The number of para-hydroxylation sites is 2. The summed E-state index contributed by atoms with van der Waals surface area (Å²) in [4.78, 5) is 17.4. The van der Waals surface area contributed by atoms with E-state index >= 15 is 0 Å². The highest BCUT2D eigenvalue weighted by Gasteiger charge is 2.35. The molecule has 3 aromatic rings. The van der Waals surface area contributed by atoms with Crippen LogP contribution in [0.2, 0.25) is 0 Å². The second-order valence-electron chi connectivity index (χ2n) is 8.08. The largest absolute Gasteiger partial charge is 0.489 e. The summed E-state index contributed by atoms with van der Waals surface area (Å²) in [6, 6.07) is 20.7. The molecule has 1 unspecified atom stereocenters. The molecule has 172 valence electrons. The topological polar surface area (TPSA) is 70.2 Å². The normalized spacial score (nSPS) is 19.6. The summed E-state index contributed by atoms with van der Waals surface area (Å²) in [6.07, 6.45) is 0. The van der Waals surface area contributed by atoms with Gasteiger partial charge in [-0.25, -0.2) is 8.42 Å². The van der Waals surface area contributed by atoms with Crippen LogP contribution in [0.15, 0.2) is 76.3 Å². The van der Waals surface area contributed by atoms with E-state index in [-0.39, 0.29) is 18.5 Å². The monoisotopic (exact) mass is 483 g/mol. The lowest BCUT2D eigenvalue weighted by Crippen LogP contribution is -2.52. The Kier molecular flexibility index (Phi) is 6.20. The second-order valence-corrected chi connectivity index (χ2v) is 11.2. The van der Waals surface area contributed by atoms with Crippen molar-refractivity contribution in [2.45, 2.75) is 10.3 Å². The maximum Gasteiger partial charge on any atom is 0.252 e. The van der Waals surface area contributed by atoms with Gasteiger partial charge in [0.15, 0.2) is 0 Å². The van der Waals surface area contributed by atoms with Crippen LogP contribution >= 0.6 is 11.3 Å². The number of rotatable bonds is 5. The van der Waals surface area contributed by atoms with Crippen molar-refractivity contribution in [1.82, 2.24) is 9.21 Å². The molecule has 0 aliphatic carbocycles. The number of anilines is 1. The van der Waals surface area contributed by atoms with Crippen molar-refractivity contribution in [3.05, 3.63) is 77.7 Å². The molecule has 5 rings (SSSR count). The Hall–Kier alpha value is -2.72. The SMILES string of the molecule is O=C(CN1CCN(S(=O)(=O)c2cccs2)CC1)N1c2ccccc2OCC1c1ccccc1. The van der Waals surface area contributed by atoms with Gasteiger partial charge >= 0.3 is 0 Å². The van der Waals surface area contributed by atoms with Crippen LogP contribution in [0, 0.1) is 0 Å². The molecule has 1 aromatic heterocycles. The molecule has 33 heavy (non-hydrogen) atoms. The van der Waals surface area contributed by atoms with Crippen LogP contribution in [0.4, 0.5) is 5.69 Å². The number of ether oxygens (including phenoxy) is 1. The first-order chi connectivity index (χ1) is 16.0. The van der Waals surface area contributed by atoms with Crippen molar-refractivity contribution < 1.29 is 17.9 Å². The van der Waals surface area contributed by atoms with Crippen LogP contribution in [-0.4, -0.2) is 62.9 Å². The number of fused-ring (bicyclic) bond motifs is 1. The zero-order valence-corrected chi connectivity index (χ0v) is 19.7.